The van der Waals surface area contributed by atoms with E-state index in [1.807, 2.05) is 0 Å². The van der Waals surface area contributed by atoms with Gasteiger partial charge in [0.15, 0.2) is 5.69 Å². The molecule has 34 heavy (non-hydrogen) atoms. The molecule has 0 fully saturated rings. The molecule has 2 aromatic heterocycles. The van der Waals surface area contributed by atoms with Gasteiger partial charge in [-0.1, -0.05) is 0 Å². The van der Waals surface area contributed by atoms with Gasteiger partial charge in [0.05, 0.1) is 11.4 Å². The Labute approximate surface area is 189 Å². The summed E-state index contributed by atoms with van der Waals surface area (Å²) in [6.07, 6.45) is -2.88. The van der Waals surface area contributed by atoms with E-state index in [1.165, 1.54) is 16.9 Å². The maximum Gasteiger partial charge on any atom is 0.491 e. The lowest BCUT2D eigenvalue weighted by Gasteiger charge is -2.16. The van der Waals surface area contributed by atoms with Crippen molar-refractivity contribution in [1.29, 1.82) is 0 Å². The largest absolute Gasteiger partial charge is 0.491 e. The molecule has 0 saturated carbocycles. The molecule has 0 aliphatic heterocycles. The number of aromatic nitrogens is 3. The van der Waals surface area contributed by atoms with Gasteiger partial charge in [-0.05, 0) is 49.6 Å². The number of fused-ring (bicyclic) bond motifs is 3. The molecule has 0 bridgehead atoms. The fraction of sp³-hybridized carbons (Fsp3) is 0.273. The molecule has 2 heterocycles. The van der Waals surface area contributed by atoms with Crippen molar-refractivity contribution in [3.63, 3.8) is 0 Å². The fourth-order valence-electron chi connectivity index (χ4n) is 3.80. The summed E-state index contributed by atoms with van der Waals surface area (Å²) in [5, 5.41) is 4.38. The first-order valence-electron chi connectivity index (χ1n) is 10.2. The van der Waals surface area contributed by atoms with E-state index in [-0.39, 0.29) is 42.2 Å². The van der Waals surface area contributed by atoms with Gasteiger partial charge >= 0.3 is 18.1 Å². The van der Waals surface area contributed by atoms with Gasteiger partial charge in [-0.2, -0.15) is 18.3 Å². The molecule has 0 spiro atoms. The van der Waals surface area contributed by atoms with Gasteiger partial charge in [0, 0.05) is 35.5 Å². The Bertz CT molecular complexity index is 1270. The molecule has 12 heteroatoms. The maximum atomic E-state index is 13.7. The van der Waals surface area contributed by atoms with E-state index >= 15 is 0 Å². The van der Waals surface area contributed by atoms with E-state index in [1.54, 1.807) is 0 Å². The van der Waals surface area contributed by atoms with Crippen LogP contribution in [0.1, 0.15) is 28.0 Å². The van der Waals surface area contributed by atoms with Crippen molar-refractivity contribution in [2.24, 2.45) is 5.73 Å². The number of halogens is 5. The fourth-order valence-corrected chi connectivity index (χ4v) is 3.80. The highest BCUT2D eigenvalue weighted by Gasteiger charge is 2.43. The number of pyridine rings is 1. The van der Waals surface area contributed by atoms with Crippen LogP contribution in [-0.4, -0.2) is 39.4 Å². The van der Waals surface area contributed by atoms with Crippen molar-refractivity contribution in [2.45, 2.75) is 32.0 Å². The summed E-state index contributed by atoms with van der Waals surface area (Å²) in [4.78, 5) is 28.0. The van der Waals surface area contributed by atoms with Crippen molar-refractivity contribution >= 4 is 11.9 Å². The number of benzene rings is 1. The summed E-state index contributed by atoms with van der Waals surface area (Å²) in [7, 11) is 0. The zero-order valence-electron chi connectivity index (χ0n) is 17.5. The summed E-state index contributed by atoms with van der Waals surface area (Å²) >= 11 is 0. The lowest BCUT2D eigenvalue weighted by atomic mass is 9.89. The molecule has 1 aliphatic rings. The molecule has 178 valence electrons. The van der Waals surface area contributed by atoms with E-state index in [2.05, 4.69) is 14.8 Å². The van der Waals surface area contributed by atoms with Crippen LogP contribution >= 0.6 is 0 Å². The molecular weight excluding hydrogens is 463 g/mol. The molecule has 4 rings (SSSR count). The van der Waals surface area contributed by atoms with Crippen LogP contribution in [0.3, 0.4) is 0 Å². The molecule has 2 N–H and O–H groups in total. The molecule has 0 radical (unpaired) electrons. The number of carbonyl (C=O) groups excluding carboxylic acids is 2. The Morgan fingerprint density at radius 1 is 1.09 bits per heavy atom. The molecular formula is C22H17F5N4O3. The summed E-state index contributed by atoms with van der Waals surface area (Å²) < 4.78 is 70.5. The predicted molar refractivity (Wildman–Crippen MR) is 108 cm³/mol. The Morgan fingerprint density at radius 2 is 1.79 bits per heavy atom. The minimum Gasteiger partial charge on any atom is -0.381 e. The van der Waals surface area contributed by atoms with Crippen LogP contribution in [0.5, 0.6) is 0 Å². The third-order valence-corrected chi connectivity index (χ3v) is 5.28. The van der Waals surface area contributed by atoms with Crippen molar-refractivity contribution in [2.75, 3.05) is 6.54 Å². The number of aryl methyl sites for hydroxylation is 2. The molecule has 0 saturated heterocycles. The van der Waals surface area contributed by atoms with E-state index < -0.39 is 29.7 Å². The van der Waals surface area contributed by atoms with Gasteiger partial charge in [-0.3, -0.25) is 9.67 Å². The second-order valence-corrected chi connectivity index (χ2v) is 7.60. The minimum atomic E-state index is -5.34. The zero-order valence-corrected chi connectivity index (χ0v) is 17.5. The van der Waals surface area contributed by atoms with Crippen LogP contribution in [0.15, 0.2) is 30.5 Å². The number of hydrogen-bond acceptors (Lipinski definition) is 6. The Morgan fingerprint density at radius 3 is 2.44 bits per heavy atom. The summed E-state index contributed by atoms with van der Waals surface area (Å²) in [6.45, 7) is 0.312. The van der Waals surface area contributed by atoms with E-state index in [0.29, 0.717) is 24.0 Å². The summed E-state index contributed by atoms with van der Waals surface area (Å²) in [5.74, 6) is -5.69. The van der Waals surface area contributed by atoms with Crippen molar-refractivity contribution in [3.05, 3.63) is 58.9 Å². The highest BCUT2D eigenvalue weighted by atomic mass is 19.4. The SMILES string of the molecule is NCCCn1nc2c(c1C(=O)OC(=O)C(F)(F)F)CCc1cnc(-c3cc(F)cc(F)c3)cc1-2. The van der Waals surface area contributed by atoms with Crippen LogP contribution in [0, 0.1) is 11.6 Å². The predicted octanol–water partition coefficient (Wildman–Crippen LogP) is 3.58. The monoisotopic (exact) mass is 480 g/mol. The normalized spacial score (nSPS) is 12.8. The smallest absolute Gasteiger partial charge is 0.381 e. The molecule has 1 aromatic carbocycles. The Hall–Kier alpha value is -3.67. The number of hydrogen-bond donors (Lipinski definition) is 1. The number of nitrogens with two attached hydrogens (primary N) is 1. The van der Waals surface area contributed by atoms with E-state index in [9.17, 15) is 31.5 Å². The third kappa shape index (κ3) is 4.53. The molecule has 0 atom stereocenters. The van der Waals surface area contributed by atoms with Crippen LogP contribution in [0.2, 0.25) is 0 Å². The van der Waals surface area contributed by atoms with Crippen LogP contribution in [-0.2, 0) is 28.9 Å². The van der Waals surface area contributed by atoms with Gasteiger partial charge in [0.2, 0.25) is 0 Å². The number of esters is 2. The van der Waals surface area contributed by atoms with Crippen molar-refractivity contribution < 1.29 is 36.3 Å². The van der Waals surface area contributed by atoms with Gasteiger partial charge in [-0.15, -0.1) is 0 Å². The first-order valence-corrected chi connectivity index (χ1v) is 10.2. The third-order valence-electron chi connectivity index (χ3n) is 5.28. The average Bonchev–Trinajstić information content (AvgIpc) is 3.15. The van der Waals surface area contributed by atoms with Gasteiger partial charge < -0.3 is 10.5 Å². The quantitative estimate of drug-likeness (QED) is 0.341. The Balaban J connectivity index is 1.80. The topological polar surface area (TPSA) is 100 Å². The zero-order chi connectivity index (χ0) is 24.6. The summed E-state index contributed by atoms with van der Waals surface area (Å²) in [6, 6.07) is 4.47. The van der Waals surface area contributed by atoms with Crippen molar-refractivity contribution in [1.82, 2.24) is 14.8 Å². The standard InChI is InChI=1S/C22H17F5N4O3/c23-13-6-12(7-14(24)8-13)17-9-16-11(10-29-17)2-3-15-18(16)30-31(5-1-4-28)19(15)20(32)34-21(33)22(25,26)27/h6-10H,1-5,28H2. The van der Waals surface area contributed by atoms with Gasteiger partial charge in [-0.25, -0.2) is 18.4 Å². The maximum absolute atomic E-state index is 13.7. The van der Waals surface area contributed by atoms with E-state index in [0.717, 1.165) is 23.8 Å². The second-order valence-electron chi connectivity index (χ2n) is 7.60. The van der Waals surface area contributed by atoms with E-state index in [4.69, 9.17) is 5.73 Å². The molecule has 0 unspecified atom stereocenters. The van der Waals surface area contributed by atoms with Gasteiger partial charge in [0.1, 0.15) is 11.6 Å². The number of carbonyl (C=O) groups is 2. The van der Waals surface area contributed by atoms with Gasteiger partial charge in [0.25, 0.3) is 0 Å². The second kappa shape index (κ2) is 8.93. The van der Waals surface area contributed by atoms with Crippen LogP contribution in [0.4, 0.5) is 22.0 Å². The molecule has 7 nitrogen and oxygen atoms in total. The van der Waals surface area contributed by atoms with Crippen LogP contribution < -0.4 is 5.73 Å². The number of alkyl halides is 3. The lowest BCUT2D eigenvalue weighted by Crippen LogP contribution is -2.29. The van der Waals surface area contributed by atoms with Crippen LogP contribution in [0.25, 0.3) is 22.5 Å². The molecule has 3 aromatic rings. The highest BCUT2D eigenvalue weighted by molar-refractivity contribution is 5.99. The van der Waals surface area contributed by atoms with Crippen molar-refractivity contribution in [3.8, 4) is 22.5 Å². The number of ether oxygens (including phenoxy) is 1. The number of nitrogens with zero attached hydrogens (tertiary/aromatic N) is 3. The minimum absolute atomic E-state index is 0.0938. The lowest BCUT2D eigenvalue weighted by molar-refractivity contribution is -0.193. The first kappa shape index (κ1) is 23.5. The summed E-state index contributed by atoms with van der Waals surface area (Å²) in [5.41, 5.74) is 7.45. The average molecular weight is 480 g/mol. The number of rotatable bonds is 5. The Kier molecular flexibility index (Phi) is 6.17. The first-order chi connectivity index (χ1) is 16.1. The highest BCUT2D eigenvalue weighted by Crippen LogP contribution is 2.37. The molecule has 0 amide bonds. The molecule has 1 aliphatic carbocycles.